The van der Waals surface area contributed by atoms with Gasteiger partial charge in [0.25, 0.3) is 0 Å². The summed E-state index contributed by atoms with van der Waals surface area (Å²) in [7, 11) is -0.510. The molecular formula is C14H21NO5S. The molecule has 1 aromatic rings. The molecule has 0 spiro atoms. The van der Waals surface area contributed by atoms with E-state index in [4.69, 9.17) is 4.74 Å². The summed E-state index contributed by atoms with van der Waals surface area (Å²) in [5.74, 6) is -0.502. The molecule has 1 rings (SSSR count). The van der Waals surface area contributed by atoms with Crippen LogP contribution in [0.3, 0.4) is 0 Å². The molecule has 6 nitrogen and oxygen atoms in total. The summed E-state index contributed by atoms with van der Waals surface area (Å²) in [6.07, 6.45) is 0.340. The van der Waals surface area contributed by atoms with Crippen molar-refractivity contribution in [1.29, 1.82) is 0 Å². The maximum atomic E-state index is 11.8. The van der Waals surface area contributed by atoms with Crippen molar-refractivity contribution in [2.75, 3.05) is 20.0 Å². The lowest BCUT2D eigenvalue weighted by molar-refractivity contribution is -0.140. The van der Waals surface area contributed by atoms with Crippen LogP contribution < -0.4 is 4.72 Å². The third-order valence-electron chi connectivity index (χ3n) is 2.82. The highest BCUT2D eigenvalue weighted by atomic mass is 32.2. The number of esters is 1. The van der Waals surface area contributed by atoms with Gasteiger partial charge in [0.15, 0.2) is 0 Å². The minimum atomic E-state index is -3.40. The monoisotopic (exact) mass is 315 g/mol. The Bertz CT molecular complexity index is 556. The quantitative estimate of drug-likeness (QED) is 0.693. The molecule has 7 heteroatoms. The second-order valence-electron chi connectivity index (χ2n) is 4.57. The van der Waals surface area contributed by atoms with Crippen LogP contribution in [0.2, 0.25) is 0 Å². The fraction of sp³-hybridized carbons (Fsp3) is 0.500. The van der Waals surface area contributed by atoms with Crippen LogP contribution in [0.25, 0.3) is 0 Å². The Morgan fingerprint density at radius 2 is 1.95 bits per heavy atom. The Balaban J connectivity index is 2.45. The largest absolute Gasteiger partial charge is 0.469 e. The number of carbonyl (C=O) groups is 1. The van der Waals surface area contributed by atoms with Gasteiger partial charge >= 0.3 is 5.97 Å². The number of ether oxygens (including phenoxy) is 2. The molecule has 1 aromatic carbocycles. The summed E-state index contributed by atoms with van der Waals surface area (Å²) in [6, 6.07) is 7.50. The van der Waals surface area contributed by atoms with Crippen LogP contribution in [-0.4, -0.2) is 34.4 Å². The molecule has 0 fully saturated rings. The number of benzene rings is 1. The number of sulfonamides is 1. The molecule has 0 aromatic heterocycles. The highest BCUT2D eigenvalue weighted by Gasteiger charge is 2.11. The number of methoxy groups -OCH3 is 2. The molecule has 1 N–H and O–H groups in total. The van der Waals surface area contributed by atoms with Crippen LogP contribution in [0.5, 0.6) is 0 Å². The van der Waals surface area contributed by atoms with Crippen LogP contribution in [0.1, 0.15) is 24.0 Å². The first-order chi connectivity index (χ1) is 9.96. The van der Waals surface area contributed by atoms with Crippen molar-refractivity contribution in [3.8, 4) is 0 Å². The molecule has 0 aliphatic carbocycles. The molecule has 21 heavy (non-hydrogen) atoms. The lowest BCUT2D eigenvalue weighted by atomic mass is 10.1. The van der Waals surface area contributed by atoms with Gasteiger partial charge in [-0.2, -0.15) is 0 Å². The van der Waals surface area contributed by atoms with Gasteiger partial charge in [-0.1, -0.05) is 24.3 Å². The Labute approximate surface area is 125 Å². The average molecular weight is 315 g/mol. The Morgan fingerprint density at radius 1 is 1.24 bits per heavy atom. The van der Waals surface area contributed by atoms with Crippen LogP contribution >= 0.6 is 0 Å². The fourth-order valence-electron chi connectivity index (χ4n) is 1.77. The van der Waals surface area contributed by atoms with Crippen LogP contribution in [0, 0.1) is 0 Å². The summed E-state index contributed by atoms with van der Waals surface area (Å²) in [6.45, 7) is 0.706. The van der Waals surface area contributed by atoms with Gasteiger partial charge in [0.2, 0.25) is 10.0 Å². The van der Waals surface area contributed by atoms with Crippen molar-refractivity contribution in [2.45, 2.75) is 26.0 Å². The van der Waals surface area contributed by atoms with Gasteiger partial charge < -0.3 is 9.47 Å². The Morgan fingerprint density at radius 3 is 2.62 bits per heavy atom. The molecule has 0 aliphatic rings. The van der Waals surface area contributed by atoms with Crippen molar-refractivity contribution in [3.05, 3.63) is 35.4 Å². The normalized spacial score (nSPS) is 11.3. The van der Waals surface area contributed by atoms with E-state index in [1.807, 2.05) is 24.3 Å². The molecule has 0 saturated heterocycles. The number of nitrogens with one attached hydrogen (secondary N) is 1. The minimum absolute atomic E-state index is 0.0974. The topological polar surface area (TPSA) is 81.7 Å². The molecule has 0 radical (unpaired) electrons. The maximum Gasteiger partial charge on any atom is 0.305 e. The Kier molecular flexibility index (Phi) is 7.35. The third-order valence-corrected chi connectivity index (χ3v) is 4.23. The van der Waals surface area contributed by atoms with Gasteiger partial charge in [0, 0.05) is 20.1 Å². The lowest BCUT2D eigenvalue weighted by Crippen LogP contribution is -2.26. The predicted molar refractivity (Wildman–Crippen MR) is 79.0 cm³/mol. The van der Waals surface area contributed by atoms with Gasteiger partial charge in [-0.25, -0.2) is 13.1 Å². The zero-order valence-corrected chi connectivity index (χ0v) is 13.1. The fourth-order valence-corrected chi connectivity index (χ4v) is 2.83. The van der Waals surface area contributed by atoms with Crippen molar-refractivity contribution >= 4 is 16.0 Å². The number of rotatable bonds is 9. The van der Waals surface area contributed by atoms with E-state index in [0.717, 1.165) is 11.1 Å². The van der Waals surface area contributed by atoms with E-state index in [0.29, 0.717) is 6.61 Å². The van der Waals surface area contributed by atoms with Gasteiger partial charge in [0.05, 0.1) is 19.5 Å². The smallest absolute Gasteiger partial charge is 0.305 e. The zero-order chi connectivity index (χ0) is 15.7. The summed E-state index contributed by atoms with van der Waals surface area (Å²) in [5.41, 5.74) is 1.85. The number of hydrogen-bond donors (Lipinski definition) is 1. The van der Waals surface area contributed by atoms with E-state index in [-0.39, 0.29) is 25.1 Å². The second kappa shape index (κ2) is 8.76. The third kappa shape index (κ3) is 7.22. The van der Waals surface area contributed by atoms with Crippen molar-refractivity contribution in [2.24, 2.45) is 0 Å². The van der Waals surface area contributed by atoms with Gasteiger partial charge in [-0.05, 0) is 17.5 Å². The highest BCUT2D eigenvalue weighted by molar-refractivity contribution is 7.89. The molecule has 0 heterocycles. The summed E-state index contributed by atoms with van der Waals surface area (Å²) in [5, 5.41) is 0. The van der Waals surface area contributed by atoms with Crippen molar-refractivity contribution < 1.29 is 22.7 Å². The SMILES string of the molecule is COCc1cccc(CNS(=O)(=O)CCCC(=O)OC)c1. The average Bonchev–Trinajstić information content (AvgIpc) is 2.46. The highest BCUT2D eigenvalue weighted by Crippen LogP contribution is 2.07. The second-order valence-corrected chi connectivity index (χ2v) is 6.50. The molecule has 0 bridgehead atoms. The molecule has 0 atom stereocenters. The molecular weight excluding hydrogens is 294 g/mol. The standard InChI is InChI=1S/C14H21NO5S/c1-19-11-13-6-3-5-12(9-13)10-15-21(17,18)8-4-7-14(16)20-2/h3,5-6,9,15H,4,7-8,10-11H2,1-2H3. The van der Waals surface area contributed by atoms with E-state index in [9.17, 15) is 13.2 Å². The molecule has 118 valence electrons. The van der Waals surface area contributed by atoms with Gasteiger partial charge in [-0.3, -0.25) is 4.79 Å². The summed E-state index contributed by atoms with van der Waals surface area (Å²) in [4.78, 5) is 10.9. The van der Waals surface area contributed by atoms with Crippen LogP contribution in [0.4, 0.5) is 0 Å². The van der Waals surface area contributed by atoms with E-state index in [1.165, 1.54) is 7.11 Å². The molecule has 0 amide bonds. The Hall–Kier alpha value is -1.44. The van der Waals surface area contributed by atoms with Crippen molar-refractivity contribution in [3.63, 3.8) is 0 Å². The van der Waals surface area contributed by atoms with Crippen LogP contribution in [-0.2, 0) is 37.4 Å². The first kappa shape index (κ1) is 17.6. The first-order valence-electron chi connectivity index (χ1n) is 6.58. The van der Waals surface area contributed by atoms with E-state index in [1.54, 1.807) is 7.11 Å². The van der Waals surface area contributed by atoms with E-state index >= 15 is 0 Å². The molecule has 0 unspecified atom stereocenters. The number of hydrogen-bond acceptors (Lipinski definition) is 5. The maximum absolute atomic E-state index is 11.8. The predicted octanol–water partition coefficient (Wildman–Crippen LogP) is 1.21. The lowest BCUT2D eigenvalue weighted by Gasteiger charge is -2.08. The molecule has 0 aliphatic heterocycles. The number of carbonyl (C=O) groups excluding carboxylic acids is 1. The summed E-state index contributed by atoms with van der Waals surface area (Å²) < 4.78 is 35.6. The minimum Gasteiger partial charge on any atom is -0.469 e. The van der Waals surface area contributed by atoms with Crippen LogP contribution in [0.15, 0.2) is 24.3 Å². The van der Waals surface area contributed by atoms with Gasteiger partial charge in [-0.15, -0.1) is 0 Å². The van der Waals surface area contributed by atoms with E-state index in [2.05, 4.69) is 9.46 Å². The zero-order valence-electron chi connectivity index (χ0n) is 12.3. The first-order valence-corrected chi connectivity index (χ1v) is 8.23. The van der Waals surface area contributed by atoms with E-state index < -0.39 is 16.0 Å². The van der Waals surface area contributed by atoms with Crippen molar-refractivity contribution in [1.82, 2.24) is 4.72 Å². The van der Waals surface area contributed by atoms with Gasteiger partial charge in [0.1, 0.15) is 0 Å². The summed E-state index contributed by atoms with van der Waals surface area (Å²) >= 11 is 0. The molecule has 0 saturated carbocycles.